The van der Waals surface area contributed by atoms with Gasteiger partial charge in [-0.15, -0.1) is 0 Å². The van der Waals surface area contributed by atoms with Crippen molar-refractivity contribution in [1.82, 2.24) is 5.09 Å². The molecule has 2 unspecified atom stereocenters. The normalized spacial score (nSPS) is 15.7. The highest BCUT2D eigenvalue weighted by Gasteiger charge is 2.24. The van der Waals surface area contributed by atoms with Crippen LogP contribution < -0.4 is 9.61 Å². The lowest BCUT2D eigenvalue weighted by Crippen LogP contribution is -2.26. The molecule has 0 fully saturated rings. The van der Waals surface area contributed by atoms with Crippen LogP contribution in [-0.4, -0.2) is 17.2 Å². The Bertz CT molecular complexity index is 638. The fourth-order valence-electron chi connectivity index (χ4n) is 1.72. The van der Waals surface area contributed by atoms with E-state index in [2.05, 4.69) is 5.09 Å². The minimum atomic E-state index is -4.07. The Morgan fingerprint density at radius 1 is 1.26 bits per heavy atom. The van der Waals surface area contributed by atoms with E-state index >= 15 is 0 Å². The lowest BCUT2D eigenvalue weighted by molar-refractivity contribution is -0.109. The summed E-state index contributed by atoms with van der Waals surface area (Å²) in [5.41, 5.74) is 0. The van der Waals surface area contributed by atoms with Crippen LogP contribution in [0.1, 0.15) is 6.92 Å². The molecule has 2 N–H and O–H groups in total. The molecule has 2 rings (SSSR count). The molecule has 0 spiro atoms. The topological polar surface area (TPSA) is 75.6 Å². The maximum atomic E-state index is 11.9. The molecule has 0 saturated carbocycles. The Morgan fingerprint density at radius 3 is 2.68 bits per heavy atom. The van der Waals surface area contributed by atoms with Crippen molar-refractivity contribution in [3.63, 3.8) is 0 Å². The minimum Gasteiger partial charge on any atom is -0.413 e. The van der Waals surface area contributed by atoms with Crippen LogP contribution in [0.5, 0.6) is 5.75 Å². The zero-order valence-corrected chi connectivity index (χ0v) is 11.2. The van der Waals surface area contributed by atoms with Gasteiger partial charge in [-0.05, 0) is 18.4 Å². The van der Waals surface area contributed by atoms with Crippen LogP contribution in [0.4, 0.5) is 0 Å². The van der Waals surface area contributed by atoms with Crippen LogP contribution in [0.25, 0.3) is 10.8 Å². The molecule has 19 heavy (non-hydrogen) atoms. The third-order valence-corrected chi connectivity index (χ3v) is 3.72. The molecule has 0 aromatic heterocycles. The quantitative estimate of drug-likeness (QED) is 0.649. The lowest BCUT2D eigenvalue weighted by Gasteiger charge is -2.17. The van der Waals surface area contributed by atoms with Crippen molar-refractivity contribution in [3.8, 4) is 5.75 Å². The third-order valence-electron chi connectivity index (χ3n) is 2.54. The predicted octanol–water partition coefficient (Wildman–Crippen LogP) is 2.50. The SMILES string of the molecule is CC(C=O)NP(=O)(O)Oc1cccc2ccccc12. The van der Waals surface area contributed by atoms with Crippen molar-refractivity contribution in [2.45, 2.75) is 13.0 Å². The number of carbonyl (C=O) groups excluding carboxylic acids is 1. The summed E-state index contributed by atoms with van der Waals surface area (Å²) in [6.45, 7) is 1.47. The van der Waals surface area contributed by atoms with Crippen molar-refractivity contribution in [3.05, 3.63) is 42.5 Å². The second-order valence-corrected chi connectivity index (χ2v) is 5.62. The van der Waals surface area contributed by atoms with Gasteiger partial charge in [0.2, 0.25) is 0 Å². The van der Waals surface area contributed by atoms with Gasteiger partial charge in [0.15, 0.2) is 0 Å². The number of fused-ring (bicyclic) bond motifs is 1. The first-order valence-electron chi connectivity index (χ1n) is 5.75. The highest BCUT2D eigenvalue weighted by molar-refractivity contribution is 7.51. The molecule has 100 valence electrons. The fourth-order valence-corrected chi connectivity index (χ4v) is 2.78. The summed E-state index contributed by atoms with van der Waals surface area (Å²) in [5, 5.41) is 3.88. The average Bonchev–Trinajstić information content (AvgIpc) is 2.38. The van der Waals surface area contributed by atoms with Crippen molar-refractivity contribution in [2.75, 3.05) is 0 Å². The Hall–Kier alpha value is -1.68. The Labute approximate surface area is 110 Å². The summed E-state index contributed by atoms with van der Waals surface area (Å²) in [7, 11) is -4.07. The second-order valence-electron chi connectivity index (χ2n) is 4.14. The highest BCUT2D eigenvalue weighted by atomic mass is 31.2. The molecule has 0 aliphatic rings. The summed E-state index contributed by atoms with van der Waals surface area (Å²) in [4.78, 5) is 20.2. The maximum Gasteiger partial charge on any atom is 0.456 e. The van der Waals surface area contributed by atoms with Crippen LogP contribution in [0.2, 0.25) is 0 Å². The molecular formula is C13H14NO4P. The molecule has 0 amide bonds. The van der Waals surface area contributed by atoms with Gasteiger partial charge in [-0.1, -0.05) is 36.4 Å². The Kier molecular flexibility index (Phi) is 4.00. The van der Waals surface area contributed by atoms with Crippen molar-refractivity contribution in [1.29, 1.82) is 0 Å². The molecular weight excluding hydrogens is 265 g/mol. The van der Waals surface area contributed by atoms with E-state index in [9.17, 15) is 14.3 Å². The zero-order valence-electron chi connectivity index (χ0n) is 10.3. The van der Waals surface area contributed by atoms with E-state index in [1.54, 1.807) is 18.2 Å². The number of nitrogens with one attached hydrogen (secondary N) is 1. The van der Waals surface area contributed by atoms with Gasteiger partial charge in [-0.25, -0.2) is 9.65 Å². The van der Waals surface area contributed by atoms with E-state index in [1.165, 1.54) is 6.92 Å². The molecule has 6 heteroatoms. The number of carbonyl (C=O) groups is 1. The van der Waals surface area contributed by atoms with E-state index in [0.29, 0.717) is 12.0 Å². The van der Waals surface area contributed by atoms with E-state index in [1.807, 2.05) is 24.3 Å². The molecule has 0 saturated heterocycles. The summed E-state index contributed by atoms with van der Waals surface area (Å²) in [5.74, 6) is 0.300. The number of aldehydes is 1. The van der Waals surface area contributed by atoms with Gasteiger partial charge in [0.1, 0.15) is 12.0 Å². The smallest absolute Gasteiger partial charge is 0.413 e. The molecule has 2 aromatic rings. The Balaban J connectivity index is 2.31. The molecule has 0 radical (unpaired) electrons. The monoisotopic (exact) mass is 279 g/mol. The highest BCUT2D eigenvalue weighted by Crippen LogP contribution is 2.41. The standard InChI is InChI=1S/C13H14NO4P/c1-10(9-15)14-19(16,17)18-13-8-4-6-11-5-2-3-7-12(11)13/h2-10H,1H3,(H2,14,16,17). The lowest BCUT2D eigenvalue weighted by atomic mass is 10.1. The van der Waals surface area contributed by atoms with Crippen LogP contribution in [0, 0.1) is 0 Å². The summed E-state index contributed by atoms with van der Waals surface area (Å²) in [6.07, 6.45) is 0.537. The van der Waals surface area contributed by atoms with Gasteiger partial charge < -0.3 is 14.2 Å². The molecule has 0 aliphatic heterocycles. The van der Waals surface area contributed by atoms with Gasteiger partial charge in [0.05, 0.1) is 6.04 Å². The number of benzene rings is 2. The second kappa shape index (κ2) is 5.53. The fraction of sp³-hybridized carbons (Fsp3) is 0.154. The summed E-state index contributed by atoms with van der Waals surface area (Å²) in [6, 6.07) is 11.8. The largest absolute Gasteiger partial charge is 0.456 e. The summed E-state index contributed by atoms with van der Waals surface area (Å²) < 4.78 is 17.0. The molecule has 0 heterocycles. The van der Waals surface area contributed by atoms with Crippen molar-refractivity contribution >= 4 is 24.8 Å². The average molecular weight is 279 g/mol. The molecule has 2 atom stereocenters. The Morgan fingerprint density at radius 2 is 1.95 bits per heavy atom. The molecule has 2 aromatic carbocycles. The number of hydrogen-bond donors (Lipinski definition) is 2. The molecule has 0 bridgehead atoms. The van der Waals surface area contributed by atoms with Gasteiger partial charge in [0.25, 0.3) is 0 Å². The van der Waals surface area contributed by atoms with Crippen LogP contribution in [0.15, 0.2) is 42.5 Å². The molecule has 0 aliphatic carbocycles. The van der Waals surface area contributed by atoms with E-state index < -0.39 is 13.8 Å². The van der Waals surface area contributed by atoms with Gasteiger partial charge in [-0.3, -0.25) is 0 Å². The van der Waals surface area contributed by atoms with Crippen LogP contribution >= 0.6 is 7.75 Å². The van der Waals surface area contributed by atoms with Gasteiger partial charge >= 0.3 is 7.75 Å². The first-order chi connectivity index (χ1) is 9.02. The van der Waals surface area contributed by atoms with Gasteiger partial charge in [0, 0.05) is 5.39 Å². The van der Waals surface area contributed by atoms with E-state index in [4.69, 9.17) is 4.52 Å². The number of rotatable bonds is 5. The maximum absolute atomic E-state index is 11.9. The van der Waals surface area contributed by atoms with E-state index in [-0.39, 0.29) is 0 Å². The third kappa shape index (κ3) is 3.41. The van der Waals surface area contributed by atoms with Crippen molar-refractivity contribution in [2.24, 2.45) is 0 Å². The zero-order chi connectivity index (χ0) is 13.9. The first kappa shape index (κ1) is 13.7. The first-order valence-corrected chi connectivity index (χ1v) is 7.33. The van der Waals surface area contributed by atoms with Crippen LogP contribution in [-0.2, 0) is 9.36 Å². The van der Waals surface area contributed by atoms with E-state index in [0.717, 1.165) is 10.8 Å². The minimum absolute atomic E-state index is 0.300. The van der Waals surface area contributed by atoms with Gasteiger partial charge in [-0.2, -0.15) is 0 Å². The summed E-state index contributed by atoms with van der Waals surface area (Å²) >= 11 is 0. The van der Waals surface area contributed by atoms with Crippen molar-refractivity contribution < 1.29 is 18.8 Å². The van der Waals surface area contributed by atoms with Crippen LogP contribution in [0.3, 0.4) is 0 Å². The predicted molar refractivity (Wildman–Crippen MR) is 73.1 cm³/mol. The molecule has 5 nitrogen and oxygen atoms in total. The number of hydrogen-bond acceptors (Lipinski definition) is 3.